The Kier molecular flexibility index (Phi) is 5.13. The summed E-state index contributed by atoms with van der Waals surface area (Å²) in [5, 5.41) is 13.1. The third-order valence-electron chi connectivity index (χ3n) is 2.42. The second-order valence-electron chi connectivity index (χ2n) is 4.11. The van der Waals surface area contributed by atoms with Crippen LogP contribution in [-0.2, 0) is 12.2 Å². The molecule has 0 saturated carbocycles. The van der Waals surface area contributed by atoms with Crippen molar-refractivity contribution < 1.29 is 22.8 Å². The Labute approximate surface area is 127 Å². The predicted octanol–water partition coefficient (Wildman–Crippen LogP) is 3.48. The first kappa shape index (κ1) is 16.1. The highest BCUT2D eigenvalue weighted by atomic mass is 35.5. The summed E-state index contributed by atoms with van der Waals surface area (Å²) in [5.41, 5.74) is 0. The first-order chi connectivity index (χ1) is 9.84. The van der Waals surface area contributed by atoms with Crippen molar-refractivity contribution in [1.82, 2.24) is 10.1 Å². The first-order valence-electron chi connectivity index (χ1n) is 5.79. The summed E-state index contributed by atoms with van der Waals surface area (Å²) in [6.45, 7) is 0. The van der Waals surface area contributed by atoms with Crippen molar-refractivity contribution in [1.29, 1.82) is 0 Å². The van der Waals surface area contributed by atoms with Crippen LogP contribution < -0.4 is 0 Å². The van der Waals surface area contributed by atoms with Crippen LogP contribution in [0.2, 0.25) is 5.02 Å². The Morgan fingerprint density at radius 3 is 2.81 bits per heavy atom. The van der Waals surface area contributed by atoms with Gasteiger partial charge in [-0.15, -0.1) is 11.8 Å². The van der Waals surface area contributed by atoms with E-state index in [0.717, 1.165) is 4.90 Å². The van der Waals surface area contributed by atoms with Crippen molar-refractivity contribution in [3.8, 4) is 0 Å². The van der Waals surface area contributed by atoms with Crippen LogP contribution in [0.15, 0.2) is 33.7 Å². The molecule has 0 amide bonds. The minimum absolute atomic E-state index is 0.249. The van der Waals surface area contributed by atoms with Crippen molar-refractivity contribution in [3.63, 3.8) is 0 Å². The van der Waals surface area contributed by atoms with Gasteiger partial charge in [0.25, 0.3) is 0 Å². The van der Waals surface area contributed by atoms with E-state index in [1.807, 2.05) is 6.07 Å². The zero-order valence-electron chi connectivity index (χ0n) is 10.5. The lowest BCUT2D eigenvalue weighted by atomic mass is 10.2. The van der Waals surface area contributed by atoms with E-state index in [2.05, 4.69) is 14.7 Å². The molecule has 1 N–H and O–H groups in total. The third kappa shape index (κ3) is 4.90. The predicted molar refractivity (Wildman–Crippen MR) is 71.1 cm³/mol. The van der Waals surface area contributed by atoms with Gasteiger partial charge in [0.1, 0.15) is 0 Å². The number of aliphatic hydroxyl groups is 1. The number of thioether (sulfide) groups is 1. The molecule has 2 aromatic rings. The van der Waals surface area contributed by atoms with E-state index in [1.165, 1.54) is 11.8 Å². The van der Waals surface area contributed by atoms with Gasteiger partial charge in [0.05, 0.1) is 12.2 Å². The summed E-state index contributed by atoms with van der Waals surface area (Å²) in [6.07, 6.45) is -7.96. The van der Waals surface area contributed by atoms with E-state index in [-0.39, 0.29) is 11.7 Å². The lowest BCUT2D eigenvalue weighted by Gasteiger charge is -2.11. The van der Waals surface area contributed by atoms with Gasteiger partial charge < -0.3 is 9.63 Å². The van der Waals surface area contributed by atoms with E-state index >= 15 is 0 Å². The van der Waals surface area contributed by atoms with E-state index in [4.69, 9.17) is 16.7 Å². The van der Waals surface area contributed by atoms with Crippen LogP contribution in [0.5, 0.6) is 0 Å². The molecule has 1 unspecified atom stereocenters. The van der Waals surface area contributed by atoms with Crippen molar-refractivity contribution in [2.24, 2.45) is 0 Å². The maximum atomic E-state index is 12.2. The fourth-order valence-corrected chi connectivity index (χ4v) is 2.47. The normalized spacial score (nSPS) is 13.4. The van der Waals surface area contributed by atoms with Gasteiger partial charge in [0.15, 0.2) is 11.9 Å². The fourth-order valence-electron chi connectivity index (χ4n) is 1.42. The third-order valence-corrected chi connectivity index (χ3v) is 3.64. The standard InChI is InChI=1S/C12H10ClF3N2O2S/c13-7-2-1-3-8(4-7)21-6-10-17-11(20-18-10)5-9(19)12(14,15)16/h1-4,9,19H,5-6H2. The minimum atomic E-state index is -4.70. The highest BCUT2D eigenvalue weighted by Gasteiger charge is 2.39. The SMILES string of the molecule is OC(Cc1nc(CSc2cccc(Cl)c2)no1)C(F)(F)F. The molecular formula is C12H10ClF3N2O2S. The number of aliphatic hydroxyl groups excluding tert-OH is 1. The summed E-state index contributed by atoms with van der Waals surface area (Å²) in [7, 11) is 0. The second kappa shape index (κ2) is 6.67. The maximum Gasteiger partial charge on any atom is 0.414 e. The van der Waals surface area contributed by atoms with Crippen molar-refractivity contribution in [3.05, 3.63) is 41.0 Å². The van der Waals surface area contributed by atoms with Gasteiger partial charge in [0, 0.05) is 9.92 Å². The first-order valence-corrected chi connectivity index (χ1v) is 7.15. The summed E-state index contributed by atoms with van der Waals surface area (Å²) < 4.78 is 41.3. The van der Waals surface area contributed by atoms with Gasteiger partial charge in [-0.2, -0.15) is 18.2 Å². The molecule has 0 fully saturated rings. The van der Waals surface area contributed by atoms with Gasteiger partial charge in [-0.1, -0.05) is 22.8 Å². The summed E-state index contributed by atoms with van der Waals surface area (Å²) in [5.74, 6) is 0.331. The molecule has 0 aliphatic heterocycles. The molecule has 114 valence electrons. The second-order valence-corrected chi connectivity index (χ2v) is 5.60. The zero-order valence-corrected chi connectivity index (χ0v) is 12.0. The molecule has 2 rings (SSSR count). The molecule has 0 saturated heterocycles. The Morgan fingerprint density at radius 2 is 2.14 bits per heavy atom. The lowest BCUT2D eigenvalue weighted by molar-refractivity contribution is -0.204. The van der Waals surface area contributed by atoms with Crippen LogP contribution in [0.4, 0.5) is 13.2 Å². The smallest absolute Gasteiger partial charge is 0.383 e. The molecule has 0 spiro atoms. The molecule has 0 aliphatic rings. The van der Waals surface area contributed by atoms with Crippen LogP contribution in [0.1, 0.15) is 11.7 Å². The number of hydrogen-bond donors (Lipinski definition) is 1. The molecule has 0 bridgehead atoms. The highest BCUT2D eigenvalue weighted by molar-refractivity contribution is 7.98. The molecule has 1 atom stereocenters. The Balaban J connectivity index is 1.91. The van der Waals surface area contributed by atoms with Crippen LogP contribution >= 0.6 is 23.4 Å². The number of hydrogen-bond acceptors (Lipinski definition) is 5. The maximum absolute atomic E-state index is 12.2. The van der Waals surface area contributed by atoms with Gasteiger partial charge >= 0.3 is 6.18 Å². The average molecular weight is 339 g/mol. The number of nitrogens with zero attached hydrogens (tertiary/aromatic N) is 2. The number of aromatic nitrogens is 2. The van der Waals surface area contributed by atoms with Gasteiger partial charge in [-0.05, 0) is 18.2 Å². The average Bonchev–Trinajstić information content (AvgIpc) is 2.83. The summed E-state index contributed by atoms with van der Waals surface area (Å²) in [4.78, 5) is 4.69. The zero-order chi connectivity index (χ0) is 15.5. The molecule has 9 heteroatoms. The van der Waals surface area contributed by atoms with Crippen LogP contribution in [-0.4, -0.2) is 27.5 Å². The topological polar surface area (TPSA) is 59.2 Å². The van der Waals surface area contributed by atoms with Gasteiger partial charge in [0.2, 0.25) is 5.89 Å². The fraction of sp³-hybridized carbons (Fsp3) is 0.333. The Bertz CT molecular complexity index is 606. The monoisotopic (exact) mass is 338 g/mol. The van der Waals surface area contributed by atoms with Gasteiger partial charge in [-0.3, -0.25) is 0 Å². The Hall–Kier alpha value is -1.25. The highest BCUT2D eigenvalue weighted by Crippen LogP contribution is 2.25. The quantitative estimate of drug-likeness (QED) is 0.846. The molecule has 1 heterocycles. The van der Waals surface area contributed by atoms with Gasteiger partial charge in [-0.25, -0.2) is 0 Å². The summed E-state index contributed by atoms with van der Waals surface area (Å²) in [6, 6.07) is 7.11. The molecule has 21 heavy (non-hydrogen) atoms. The van der Waals surface area contributed by atoms with E-state index in [1.54, 1.807) is 18.2 Å². The summed E-state index contributed by atoms with van der Waals surface area (Å²) >= 11 is 7.20. The molecule has 1 aromatic heterocycles. The van der Waals surface area contributed by atoms with Crippen LogP contribution in [0.3, 0.4) is 0 Å². The lowest BCUT2D eigenvalue weighted by Crippen LogP contribution is -2.30. The molecule has 0 aliphatic carbocycles. The Morgan fingerprint density at radius 1 is 1.38 bits per heavy atom. The number of benzene rings is 1. The van der Waals surface area contributed by atoms with Crippen molar-refractivity contribution >= 4 is 23.4 Å². The minimum Gasteiger partial charge on any atom is -0.383 e. The van der Waals surface area contributed by atoms with Crippen molar-refractivity contribution in [2.45, 2.75) is 29.3 Å². The largest absolute Gasteiger partial charge is 0.414 e. The number of halogens is 4. The van der Waals surface area contributed by atoms with Crippen LogP contribution in [0, 0.1) is 0 Å². The van der Waals surface area contributed by atoms with Crippen LogP contribution in [0.25, 0.3) is 0 Å². The number of alkyl halides is 3. The van der Waals surface area contributed by atoms with Crippen molar-refractivity contribution in [2.75, 3.05) is 0 Å². The molecular weight excluding hydrogens is 329 g/mol. The molecule has 4 nitrogen and oxygen atoms in total. The number of rotatable bonds is 5. The van der Waals surface area contributed by atoms with E-state index in [9.17, 15) is 13.2 Å². The van der Waals surface area contributed by atoms with E-state index in [0.29, 0.717) is 10.8 Å². The van der Waals surface area contributed by atoms with E-state index < -0.39 is 18.7 Å². The molecule has 1 aromatic carbocycles. The molecule has 0 radical (unpaired) electrons.